The van der Waals surface area contributed by atoms with E-state index in [1.54, 1.807) is 30.3 Å². The van der Waals surface area contributed by atoms with Gasteiger partial charge in [-0.3, -0.25) is 4.79 Å². The van der Waals surface area contributed by atoms with E-state index in [2.05, 4.69) is 4.90 Å². The first kappa shape index (κ1) is 26.4. The van der Waals surface area contributed by atoms with Gasteiger partial charge in [0.2, 0.25) is 10.0 Å². The lowest BCUT2D eigenvalue weighted by Gasteiger charge is -2.39. The lowest BCUT2D eigenvalue weighted by molar-refractivity contribution is -0.165. The third-order valence-corrected chi connectivity index (χ3v) is 9.23. The van der Waals surface area contributed by atoms with E-state index >= 15 is 0 Å². The maximum Gasteiger partial charge on any atom is 0.337 e. The third kappa shape index (κ3) is 4.88. The van der Waals surface area contributed by atoms with Crippen LogP contribution in [0.25, 0.3) is 0 Å². The van der Waals surface area contributed by atoms with Crippen molar-refractivity contribution in [3.63, 3.8) is 0 Å². The smallest absolute Gasteiger partial charge is 0.337 e. The predicted molar refractivity (Wildman–Crippen MR) is 146 cm³/mol. The SMILES string of the molecule is CS(=O)(=O)NC(=O)c1ccc(N2C[C@@H]3C[C@H]2C[C@H]3N2OC(C3CC3)=C(C(=O)O)C2c2c(Cl)cccc2Cl)cc1. The predicted octanol–water partition coefficient (Wildman–Crippen LogP) is 4.39. The molecule has 2 saturated carbocycles. The number of halogens is 2. The second kappa shape index (κ2) is 9.69. The zero-order chi connectivity index (χ0) is 27.6. The minimum absolute atomic E-state index is 0.0333. The van der Waals surface area contributed by atoms with Crippen molar-refractivity contribution >= 4 is 50.8 Å². The van der Waals surface area contributed by atoms with Crippen molar-refractivity contribution in [2.24, 2.45) is 11.8 Å². The molecule has 4 atom stereocenters. The molecule has 206 valence electrons. The van der Waals surface area contributed by atoms with Crippen LogP contribution in [-0.4, -0.2) is 55.3 Å². The van der Waals surface area contributed by atoms with E-state index in [0.717, 1.165) is 44.2 Å². The molecule has 39 heavy (non-hydrogen) atoms. The number of benzene rings is 2. The summed E-state index contributed by atoms with van der Waals surface area (Å²) in [6.07, 6.45) is 4.39. The first-order valence-corrected chi connectivity index (χ1v) is 15.4. The molecule has 2 N–H and O–H groups in total. The second-order valence-corrected chi connectivity index (χ2v) is 13.3. The molecular formula is C27H27Cl2N3O6S. The Morgan fingerprint density at radius 2 is 1.72 bits per heavy atom. The molecule has 2 aliphatic carbocycles. The third-order valence-electron chi connectivity index (χ3n) is 8.02. The van der Waals surface area contributed by atoms with Crippen molar-refractivity contribution in [3.8, 4) is 0 Å². The van der Waals surface area contributed by atoms with Gasteiger partial charge in [0, 0.05) is 45.4 Å². The fourth-order valence-electron chi connectivity index (χ4n) is 6.23. The van der Waals surface area contributed by atoms with Gasteiger partial charge in [-0.25, -0.2) is 17.9 Å². The number of amides is 1. The molecule has 0 spiro atoms. The first-order chi connectivity index (χ1) is 18.5. The van der Waals surface area contributed by atoms with E-state index < -0.39 is 27.9 Å². The molecule has 2 bridgehead atoms. The summed E-state index contributed by atoms with van der Waals surface area (Å²) in [6.45, 7) is 0.730. The van der Waals surface area contributed by atoms with Crippen LogP contribution in [0.5, 0.6) is 0 Å². The van der Waals surface area contributed by atoms with Gasteiger partial charge in [0.1, 0.15) is 17.4 Å². The van der Waals surface area contributed by atoms with Crippen LogP contribution in [0.3, 0.4) is 0 Å². The number of carbonyl (C=O) groups is 2. The molecule has 12 heteroatoms. The normalized spacial score (nSPS) is 26.7. The average Bonchev–Trinajstić information content (AvgIpc) is 3.34. The van der Waals surface area contributed by atoms with Gasteiger partial charge in [0.25, 0.3) is 5.91 Å². The number of carbonyl (C=O) groups excluding carboxylic acids is 1. The Kier molecular flexibility index (Phi) is 6.57. The van der Waals surface area contributed by atoms with Gasteiger partial charge in [-0.1, -0.05) is 29.3 Å². The number of rotatable bonds is 7. The van der Waals surface area contributed by atoms with E-state index in [9.17, 15) is 23.1 Å². The Morgan fingerprint density at radius 3 is 2.26 bits per heavy atom. The van der Waals surface area contributed by atoms with E-state index in [0.29, 0.717) is 21.4 Å². The largest absolute Gasteiger partial charge is 0.478 e. The van der Waals surface area contributed by atoms with Crippen molar-refractivity contribution in [1.29, 1.82) is 0 Å². The van der Waals surface area contributed by atoms with E-state index in [4.69, 9.17) is 28.0 Å². The van der Waals surface area contributed by atoms with Gasteiger partial charge in [-0.05, 0) is 68.0 Å². The Balaban J connectivity index is 1.25. The van der Waals surface area contributed by atoms with Crippen LogP contribution in [0, 0.1) is 11.8 Å². The van der Waals surface area contributed by atoms with Gasteiger partial charge in [-0.2, -0.15) is 0 Å². The van der Waals surface area contributed by atoms with Crippen LogP contribution < -0.4 is 9.62 Å². The molecule has 0 aromatic heterocycles. The highest BCUT2D eigenvalue weighted by Crippen LogP contribution is 2.54. The molecular weight excluding hydrogens is 565 g/mol. The quantitative estimate of drug-likeness (QED) is 0.487. The van der Waals surface area contributed by atoms with Crippen LogP contribution in [0.2, 0.25) is 10.0 Å². The first-order valence-electron chi connectivity index (χ1n) is 12.8. The second-order valence-electron chi connectivity index (χ2n) is 10.7. The number of piperidine rings is 1. The number of hydroxylamine groups is 2. The van der Waals surface area contributed by atoms with Crippen LogP contribution >= 0.6 is 23.2 Å². The van der Waals surface area contributed by atoms with Crippen LogP contribution in [0.15, 0.2) is 53.8 Å². The van der Waals surface area contributed by atoms with Crippen LogP contribution in [-0.2, 0) is 19.7 Å². The lowest BCUT2D eigenvalue weighted by Crippen LogP contribution is -2.46. The molecule has 1 unspecified atom stereocenters. The van der Waals surface area contributed by atoms with Crippen molar-refractivity contribution in [2.45, 2.75) is 43.8 Å². The summed E-state index contributed by atoms with van der Waals surface area (Å²) >= 11 is 13.2. The molecule has 1 amide bonds. The Morgan fingerprint density at radius 1 is 1.05 bits per heavy atom. The molecule has 1 saturated heterocycles. The molecule has 3 fully saturated rings. The molecule has 9 nitrogen and oxygen atoms in total. The van der Waals surface area contributed by atoms with Crippen molar-refractivity contribution in [1.82, 2.24) is 9.79 Å². The molecule has 2 aromatic rings. The Labute approximate surface area is 236 Å². The molecule has 6 rings (SSSR count). The van der Waals surface area contributed by atoms with Crippen molar-refractivity contribution in [3.05, 3.63) is 75.0 Å². The zero-order valence-corrected chi connectivity index (χ0v) is 23.3. The summed E-state index contributed by atoms with van der Waals surface area (Å²) in [5.41, 5.74) is 1.97. The number of hydrogen-bond donors (Lipinski definition) is 2. The molecule has 0 radical (unpaired) electrons. The number of hydrogen-bond acceptors (Lipinski definition) is 7. The van der Waals surface area contributed by atoms with Crippen molar-refractivity contribution in [2.75, 3.05) is 17.7 Å². The standard InChI is InChI=1S/C27H27Cl2N3O6S/c1-39(36,37)30-26(33)15-7-9-17(10-8-15)31-13-16-11-18(31)12-21(16)32-24(22-19(28)3-2-4-20(22)29)23(27(34)35)25(38-32)14-5-6-14/h2-4,7-10,14,16,18,21,24H,5-6,11-13H2,1H3,(H,30,33)(H,34,35)/t16-,18-,21+,24?/m0/s1. The number of anilines is 1. The highest BCUT2D eigenvalue weighted by molar-refractivity contribution is 7.89. The fraction of sp³-hybridized carbons (Fsp3) is 0.407. The topological polar surface area (TPSA) is 116 Å². The molecule has 2 heterocycles. The summed E-state index contributed by atoms with van der Waals surface area (Å²) in [4.78, 5) is 33.4. The maximum absolute atomic E-state index is 12.5. The summed E-state index contributed by atoms with van der Waals surface area (Å²) in [7, 11) is -3.65. The number of carboxylic acids is 1. The molecule has 2 aliphatic heterocycles. The maximum atomic E-state index is 12.5. The van der Waals surface area contributed by atoms with Crippen molar-refractivity contribution < 1.29 is 28.0 Å². The lowest BCUT2D eigenvalue weighted by atomic mass is 9.93. The number of nitrogens with one attached hydrogen (secondary N) is 1. The summed E-state index contributed by atoms with van der Waals surface area (Å²) in [5, 5.41) is 12.9. The van der Waals surface area contributed by atoms with E-state index in [-0.39, 0.29) is 35.1 Å². The van der Waals surface area contributed by atoms with Gasteiger partial charge in [0.15, 0.2) is 0 Å². The van der Waals surface area contributed by atoms with E-state index in [1.807, 2.05) is 21.9 Å². The highest BCUT2D eigenvalue weighted by atomic mass is 35.5. The fourth-order valence-corrected chi connectivity index (χ4v) is 7.29. The highest BCUT2D eigenvalue weighted by Gasteiger charge is 2.55. The minimum Gasteiger partial charge on any atom is -0.478 e. The average molecular weight is 593 g/mol. The summed E-state index contributed by atoms with van der Waals surface area (Å²) in [6, 6.07) is 11.5. The summed E-state index contributed by atoms with van der Waals surface area (Å²) < 4.78 is 24.7. The monoisotopic (exact) mass is 591 g/mol. The number of carboxylic acid groups (broad SMARTS) is 1. The number of allylic oxidation sites excluding steroid dienone is 1. The number of sulfonamides is 1. The molecule has 2 aromatic carbocycles. The number of nitrogens with zero attached hydrogens (tertiary/aromatic N) is 2. The van der Waals surface area contributed by atoms with Crippen LogP contribution in [0.4, 0.5) is 5.69 Å². The van der Waals surface area contributed by atoms with Gasteiger partial charge >= 0.3 is 5.97 Å². The molecule has 4 aliphatic rings. The van der Waals surface area contributed by atoms with Gasteiger partial charge < -0.3 is 14.8 Å². The number of fused-ring (bicyclic) bond motifs is 2. The summed E-state index contributed by atoms with van der Waals surface area (Å²) in [5.74, 6) is -0.870. The van der Waals surface area contributed by atoms with E-state index in [1.165, 1.54) is 0 Å². The Hall–Kier alpha value is -2.79. The zero-order valence-electron chi connectivity index (χ0n) is 21.0. The number of aliphatic carboxylic acids is 1. The van der Waals surface area contributed by atoms with Gasteiger partial charge in [-0.15, -0.1) is 5.06 Å². The van der Waals surface area contributed by atoms with Crippen LogP contribution in [0.1, 0.15) is 47.6 Å². The Bertz CT molecular complexity index is 1470. The minimum atomic E-state index is -3.65. The van der Waals surface area contributed by atoms with Gasteiger partial charge in [0.05, 0.1) is 12.3 Å².